The molecule has 2 heterocycles. The summed E-state index contributed by atoms with van der Waals surface area (Å²) in [6.45, 7) is 2.01. The molecule has 1 aromatic carbocycles. The van der Waals surface area contributed by atoms with Crippen LogP contribution in [-0.4, -0.2) is 42.3 Å². The second-order valence-electron chi connectivity index (χ2n) is 6.16. The molecule has 0 aromatic heterocycles. The number of halogens is 2. The monoisotopic (exact) mass is 420 g/mol. The minimum Gasteiger partial charge on any atom is -0.314 e. The fraction of sp³-hybridized carbons (Fsp3) is 0.500. The number of amides is 1. The summed E-state index contributed by atoms with van der Waals surface area (Å²) in [7, 11) is -3.11. The van der Waals surface area contributed by atoms with Crippen LogP contribution in [0.25, 0.3) is 0 Å². The minimum atomic E-state index is -3.11. The number of carbonyl (C=O) groups excluding carboxylic acids is 1. The standard InChI is InChI=1S/C16H18Cl2N2O3S2/c1-2-3-4-15(21)19-16-20(12-7-10(17)5-6-11(12)18)13-8-25(22,23)9-14(13)24-16/h5-7,13-14H,2-4,8-9H2,1H3. The van der Waals surface area contributed by atoms with E-state index in [9.17, 15) is 13.2 Å². The van der Waals surface area contributed by atoms with E-state index in [-0.39, 0.29) is 28.7 Å². The van der Waals surface area contributed by atoms with Crippen molar-refractivity contribution in [1.29, 1.82) is 0 Å². The summed E-state index contributed by atoms with van der Waals surface area (Å²) in [5.74, 6) is -0.0927. The van der Waals surface area contributed by atoms with Crippen LogP contribution in [0.2, 0.25) is 10.0 Å². The Morgan fingerprint density at radius 3 is 2.84 bits per heavy atom. The van der Waals surface area contributed by atoms with Crippen molar-refractivity contribution < 1.29 is 13.2 Å². The van der Waals surface area contributed by atoms with E-state index in [2.05, 4.69) is 4.99 Å². The highest BCUT2D eigenvalue weighted by atomic mass is 35.5. The van der Waals surface area contributed by atoms with E-state index in [1.165, 1.54) is 11.8 Å². The lowest BCUT2D eigenvalue weighted by atomic mass is 10.2. The molecule has 2 saturated heterocycles. The van der Waals surface area contributed by atoms with E-state index in [4.69, 9.17) is 23.2 Å². The topological polar surface area (TPSA) is 66.8 Å². The van der Waals surface area contributed by atoms with E-state index in [0.717, 1.165) is 12.8 Å². The molecule has 1 amide bonds. The maximum atomic E-state index is 12.1. The van der Waals surface area contributed by atoms with Crippen LogP contribution in [0.4, 0.5) is 5.69 Å². The number of anilines is 1. The van der Waals surface area contributed by atoms with Crippen LogP contribution < -0.4 is 4.90 Å². The maximum absolute atomic E-state index is 12.1. The molecule has 2 atom stereocenters. The summed E-state index contributed by atoms with van der Waals surface area (Å²) in [5.41, 5.74) is 0.591. The van der Waals surface area contributed by atoms with E-state index >= 15 is 0 Å². The van der Waals surface area contributed by atoms with Gasteiger partial charge in [0.1, 0.15) is 0 Å². The molecular formula is C16H18Cl2N2O3S2. The number of nitrogens with zero attached hydrogens (tertiary/aromatic N) is 2. The van der Waals surface area contributed by atoms with Crippen molar-refractivity contribution in [1.82, 2.24) is 0 Å². The number of benzene rings is 1. The second-order valence-corrected chi connectivity index (χ2v) is 10.4. The van der Waals surface area contributed by atoms with Gasteiger partial charge in [-0.2, -0.15) is 4.99 Å². The van der Waals surface area contributed by atoms with Gasteiger partial charge in [0, 0.05) is 16.7 Å². The van der Waals surface area contributed by atoms with Crippen LogP contribution in [0.5, 0.6) is 0 Å². The molecular weight excluding hydrogens is 403 g/mol. The summed E-state index contributed by atoms with van der Waals surface area (Å²) in [5, 5.41) is 1.29. The third-order valence-corrected chi connectivity index (χ3v) is 7.96. The molecule has 0 bridgehead atoms. The third-order valence-electron chi connectivity index (χ3n) is 4.20. The molecule has 0 N–H and O–H groups in total. The lowest BCUT2D eigenvalue weighted by Crippen LogP contribution is -2.38. The van der Waals surface area contributed by atoms with E-state index in [0.29, 0.717) is 27.3 Å². The van der Waals surface area contributed by atoms with Crippen molar-refractivity contribution in [2.45, 2.75) is 37.5 Å². The van der Waals surface area contributed by atoms with Gasteiger partial charge in [-0.15, -0.1) is 0 Å². The highest BCUT2D eigenvalue weighted by Crippen LogP contribution is 2.43. The van der Waals surface area contributed by atoms with Gasteiger partial charge in [0.25, 0.3) is 0 Å². The first-order valence-corrected chi connectivity index (χ1v) is 11.5. The highest BCUT2D eigenvalue weighted by molar-refractivity contribution is 8.16. The Hall–Kier alpha value is -0.760. The summed E-state index contributed by atoms with van der Waals surface area (Å²) >= 11 is 13.8. The lowest BCUT2D eigenvalue weighted by Gasteiger charge is -2.25. The van der Waals surface area contributed by atoms with Gasteiger partial charge in [0.15, 0.2) is 15.0 Å². The number of amidine groups is 1. The molecule has 0 spiro atoms. The van der Waals surface area contributed by atoms with Crippen LogP contribution in [0.1, 0.15) is 26.2 Å². The number of thioether (sulfide) groups is 1. The van der Waals surface area contributed by atoms with Crippen molar-refractivity contribution in [3.63, 3.8) is 0 Å². The predicted molar refractivity (Wildman–Crippen MR) is 105 cm³/mol. The molecule has 2 aliphatic rings. The fourth-order valence-electron chi connectivity index (χ4n) is 3.01. The smallest absolute Gasteiger partial charge is 0.248 e. The zero-order chi connectivity index (χ0) is 18.2. The first-order valence-electron chi connectivity index (χ1n) is 8.03. The van der Waals surface area contributed by atoms with Gasteiger partial charge in [0.2, 0.25) is 5.91 Å². The van der Waals surface area contributed by atoms with Crippen molar-refractivity contribution in [3.8, 4) is 0 Å². The van der Waals surface area contributed by atoms with Crippen LogP contribution in [0.15, 0.2) is 23.2 Å². The molecule has 136 valence electrons. The number of unbranched alkanes of at least 4 members (excludes halogenated alkanes) is 1. The van der Waals surface area contributed by atoms with Gasteiger partial charge in [0.05, 0.1) is 28.3 Å². The number of sulfone groups is 1. The number of fused-ring (bicyclic) bond motifs is 1. The van der Waals surface area contributed by atoms with Gasteiger partial charge in [-0.05, 0) is 24.6 Å². The molecule has 9 heteroatoms. The Balaban J connectivity index is 1.99. The Morgan fingerprint density at radius 2 is 2.12 bits per heavy atom. The molecule has 3 rings (SSSR count). The Labute approximate surface area is 161 Å². The third kappa shape index (κ3) is 4.15. The Kier molecular flexibility index (Phi) is 5.68. The molecule has 2 fully saturated rings. The average molecular weight is 421 g/mol. The quantitative estimate of drug-likeness (QED) is 0.740. The number of aliphatic imine (C=N–C) groups is 1. The van der Waals surface area contributed by atoms with Crippen molar-refractivity contribution in [3.05, 3.63) is 28.2 Å². The van der Waals surface area contributed by atoms with Crippen LogP contribution >= 0.6 is 35.0 Å². The normalized spacial score (nSPS) is 26.2. The van der Waals surface area contributed by atoms with Crippen LogP contribution in [0.3, 0.4) is 0 Å². The van der Waals surface area contributed by atoms with Gasteiger partial charge >= 0.3 is 0 Å². The number of carbonyl (C=O) groups is 1. The van der Waals surface area contributed by atoms with Crippen molar-refractivity contribution >= 4 is 61.6 Å². The highest BCUT2D eigenvalue weighted by Gasteiger charge is 2.49. The van der Waals surface area contributed by atoms with E-state index in [1.54, 1.807) is 23.1 Å². The summed E-state index contributed by atoms with van der Waals surface area (Å²) in [4.78, 5) is 18.1. The molecule has 0 aliphatic carbocycles. The molecule has 0 saturated carbocycles. The SMILES string of the molecule is CCCCC(=O)N=C1SC2CS(=O)(=O)CC2N1c1cc(Cl)ccc1Cl. The minimum absolute atomic E-state index is 0.0235. The number of rotatable bonds is 4. The van der Waals surface area contributed by atoms with Gasteiger partial charge < -0.3 is 4.90 Å². The Bertz CT molecular complexity index is 827. The second kappa shape index (κ2) is 7.47. The zero-order valence-electron chi connectivity index (χ0n) is 13.6. The summed E-state index contributed by atoms with van der Waals surface area (Å²) in [6.07, 6.45) is 2.07. The molecule has 2 aliphatic heterocycles. The van der Waals surface area contributed by atoms with E-state index in [1.807, 2.05) is 6.92 Å². The molecule has 1 aromatic rings. The van der Waals surface area contributed by atoms with Crippen molar-refractivity contribution in [2.75, 3.05) is 16.4 Å². The van der Waals surface area contributed by atoms with Gasteiger partial charge in [-0.3, -0.25) is 4.79 Å². The largest absolute Gasteiger partial charge is 0.314 e. The first-order chi connectivity index (χ1) is 11.8. The molecule has 25 heavy (non-hydrogen) atoms. The molecule has 5 nitrogen and oxygen atoms in total. The van der Waals surface area contributed by atoms with Crippen LogP contribution in [-0.2, 0) is 14.6 Å². The van der Waals surface area contributed by atoms with Crippen molar-refractivity contribution in [2.24, 2.45) is 4.99 Å². The maximum Gasteiger partial charge on any atom is 0.248 e. The first kappa shape index (κ1) is 19.0. The summed E-state index contributed by atoms with van der Waals surface area (Å²) in [6, 6.07) is 4.73. The van der Waals surface area contributed by atoms with Gasteiger partial charge in [-0.25, -0.2) is 8.42 Å². The average Bonchev–Trinajstić information content (AvgIpc) is 2.98. The van der Waals surface area contributed by atoms with Crippen LogP contribution in [0, 0.1) is 0 Å². The molecule has 2 unspecified atom stereocenters. The van der Waals surface area contributed by atoms with Gasteiger partial charge in [-0.1, -0.05) is 48.3 Å². The zero-order valence-corrected chi connectivity index (χ0v) is 16.8. The molecule has 0 radical (unpaired) electrons. The fourth-order valence-corrected chi connectivity index (χ4v) is 7.31. The number of hydrogen-bond acceptors (Lipinski definition) is 4. The lowest BCUT2D eigenvalue weighted by molar-refractivity contribution is -0.117. The number of hydrogen-bond donors (Lipinski definition) is 0. The predicted octanol–water partition coefficient (Wildman–Crippen LogP) is 3.79. The Morgan fingerprint density at radius 1 is 1.36 bits per heavy atom. The van der Waals surface area contributed by atoms with E-state index < -0.39 is 9.84 Å². The summed E-state index contributed by atoms with van der Waals surface area (Å²) < 4.78 is 24.1.